The van der Waals surface area contributed by atoms with Gasteiger partial charge >= 0.3 is 5.97 Å². The minimum Gasteiger partial charge on any atom is -0.493 e. The number of carbonyl (C=O) groups is 1. The first-order valence-electron chi connectivity index (χ1n) is 11.3. The number of carbonyl (C=O) groups excluding carboxylic acids is 1. The fraction of sp³-hybridized carbons (Fsp3) is 0.214. The van der Waals surface area contributed by atoms with Gasteiger partial charge < -0.3 is 28.4 Å². The molecule has 10 heteroatoms. The Kier molecular flexibility index (Phi) is 7.68. The predicted molar refractivity (Wildman–Crippen MR) is 144 cm³/mol. The Bertz CT molecular complexity index is 1550. The average molecular weight is 540 g/mol. The Labute approximate surface area is 224 Å². The molecule has 0 saturated heterocycles. The van der Waals surface area contributed by atoms with Crippen molar-refractivity contribution in [1.82, 2.24) is 4.57 Å². The quantitative estimate of drug-likeness (QED) is 0.284. The van der Waals surface area contributed by atoms with Crippen LogP contribution in [0.1, 0.15) is 10.5 Å². The van der Waals surface area contributed by atoms with Crippen molar-refractivity contribution in [2.75, 3.05) is 42.7 Å². The summed E-state index contributed by atoms with van der Waals surface area (Å²) in [6.45, 7) is 0. The van der Waals surface area contributed by atoms with Crippen LogP contribution in [-0.2, 0) is 4.74 Å². The monoisotopic (exact) mass is 539 g/mol. The van der Waals surface area contributed by atoms with Crippen LogP contribution >= 0.6 is 11.6 Å². The van der Waals surface area contributed by atoms with Gasteiger partial charge in [-0.2, -0.15) is 0 Å². The van der Waals surface area contributed by atoms with E-state index in [1.165, 1.54) is 47.2 Å². The number of rotatable bonds is 8. The van der Waals surface area contributed by atoms with Crippen LogP contribution in [0.3, 0.4) is 0 Å². The van der Waals surface area contributed by atoms with Gasteiger partial charge in [-0.15, -0.1) is 0 Å². The molecule has 0 atom stereocenters. The largest absolute Gasteiger partial charge is 0.493 e. The molecule has 38 heavy (non-hydrogen) atoms. The first kappa shape index (κ1) is 26.7. The summed E-state index contributed by atoms with van der Waals surface area (Å²) < 4.78 is 34.1. The average Bonchev–Trinajstić information content (AvgIpc) is 2.95. The van der Waals surface area contributed by atoms with Gasteiger partial charge in [-0.25, -0.2) is 4.79 Å². The molecule has 0 unspecified atom stereocenters. The van der Waals surface area contributed by atoms with Crippen molar-refractivity contribution in [2.24, 2.45) is 0 Å². The molecule has 0 saturated carbocycles. The van der Waals surface area contributed by atoms with E-state index in [2.05, 4.69) is 0 Å². The number of nitrogens with zero attached hydrogens (tertiary/aromatic N) is 1. The molecular weight excluding hydrogens is 514 g/mol. The lowest BCUT2D eigenvalue weighted by molar-refractivity contribution is 0.0591. The first-order chi connectivity index (χ1) is 18.3. The lowest BCUT2D eigenvalue weighted by atomic mass is 9.95. The molecule has 0 N–H and O–H groups in total. The molecule has 0 aliphatic heterocycles. The molecule has 1 heterocycles. The van der Waals surface area contributed by atoms with Gasteiger partial charge in [0.2, 0.25) is 5.75 Å². The van der Waals surface area contributed by atoms with Crippen molar-refractivity contribution >= 4 is 28.3 Å². The van der Waals surface area contributed by atoms with Gasteiger partial charge in [0.1, 0.15) is 5.69 Å². The summed E-state index contributed by atoms with van der Waals surface area (Å²) in [5, 5.41) is 1.17. The van der Waals surface area contributed by atoms with Gasteiger partial charge in [-0.3, -0.25) is 9.36 Å². The van der Waals surface area contributed by atoms with Crippen LogP contribution in [0.15, 0.2) is 53.3 Å². The van der Waals surface area contributed by atoms with Gasteiger partial charge in [-0.1, -0.05) is 11.6 Å². The van der Waals surface area contributed by atoms with Crippen molar-refractivity contribution in [3.8, 4) is 45.6 Å². The van der Waals surface area contributed by atoms with Crippen LogP contribution < -0.4 is 29.2 Å². The highest BCUT2D eigenvalue weighted by Gasteiger charge is 2.28. The number of hydrogen-bond acceptors (Lipinski definition) is 8. The van der Waals surface area contributed by atoms with Crippen molar-refractivity contribution in [3.63, 3.8) is 0 Å². The maximum absolute atomic E-state index is 14.0. The van der Waals surface area contributed by atoms with Crippen LogP contribution in [0, 0.1) is 0 Å². The molecule has 0 radical (unpaired) electrons. The fourth-order valence-corrected chi connectivity index (χ4v) is 4.49. The van der Waals surface area contributed by atoms with Crippen LogP contribution in [0.4, 0.5) is 0 Å². The van der Waals surface area contributed by atoms with E-state index >= 15 is 0 Å². The van der Waals surface area contributed by atoms with Crippen molar-refractivity contribution in [3.05, 3.63) is 69.6 Å². The number of benzene rings is 3. The van der Waals surface area contributed by atoms with Crippen LogP contribution in [0.5, 0.6) is 28.7 Å². The van der Waals surface area contributed by atoms with E-state index < -0.39 is 11.5 Å². The van der Waals surface area contributed by atoms with Crippen LogP contribution in [-0.4, -0.2) is 53.2 Å². The smallest absolute Gasteiger partial charge is 0.355 e. The molecule has 0 spiro atoms. The zero-order chi connectivity index (χ0) is 27.6. The van der Waals surface area contributed by atoms with Crippen molar-refractivity contribution in [2.45, 2.75) is 0 Å². The minimum absolute atomic E-state index is 0.0196. The first-order valence-corrected chi connectivity index (χ1v) is 11.7. The Hall–Kier alpha value is -4.37. The van der Waals surface area contributed by atoms with Gasteiger partial charge in [0.05, 0.1) is 48.0 Å². The van der Waals surface area contributed by atoms with Gasteiger partial charge in [-0.05, 0) is 54.1 Å². The number of fused-ring (bicyclic) bond motifs is 1. The van der Waals surface area contributed by atoms with E-state index in [0.29, 0.717) is 56.0 Å². The molecule has 1 aromatic heterocycles. The summed E-state index contributed by atoms with van der Waals surface area (Å²) >= 11 is 6.11. The maximum Gasteiger partial charge on any atom is 0.355 e. The number of halogens is 1. The molecule has 198 valence electrons. The van der Waals surface area contributed by atoms with Crippen LogP contribution in [0.2, 0.25) is 5.02 Å². The van der Waals surface area contributed by atoms with E-state index in [1.54, 1.807) is 48.5 Å². The number of aromatic nitrogens is 1. The van der Waals surface area contributed by atoms with Crippen molar-refractivity contribution in [1.29, 1.82) is 0 Å². The molecule has 9 nitrogen and oxygen atoms in total. The number of methoxy groups -OCH3 is 6. The Morgan fingerprint density at radius 3 is 1.71 bits per heavy atom. The molecule has 0 aliphatic carbocycles. The molecule has 0 fully saturated rings. The topological polar surface area (TPSA) is 94.5 Å². The van der Waals surface area contributed by atoms with Crippen molar-refractivity contribution < 1.29 is 33.2 Å². The molecule has 4 aromatic rings. The molecule has 3 aromatic carbocycles. The molecular formula is C28H26ClNO8. The lowest BCUT2D eigenvalue weighted by Crippen LogP contribution is -2.27. The van der Waals surface area contributed by atoms with E-state index in [-0.39, 0.29) is 11.1 Å². The third-order valence-electron chi connectivity index (χ3n) is 6.10. The zero-order valence-electron chi connectivity index (χ0n) is 21.7. The summed E-state index contributed by atoms with van der Waals surface area (Å²) in [4.78, 5) is 27.4. The fourth-order valence-electron chi connectivity index (χ4n) is 4.37. The summed E-state index contributed by atoms with van der Waals surface area (Å²) in [5.74, 6) is 1.06. The highest BCUT2D eigenvalue weighted by molar-refractivity contribution is 6.30. The molecule has 4 rings (SSSR count). The third kappa shape index (κ3) is 4.45. The molecule has 0 aliphatic rings. The number of hydrogen-bond donors (Lipinski definition) is 0. The Morgan fingerprint density at radius 2 is 1.24 bits per heavy atom. The van der Waals surface area contributed by atoms with Gasteiger partial charge in [0, 0.05) is 21.7 Å². The van der Waals surface area contributed by atoms with Crippen LogP contribution in [0.25, 0.3) is 27.6 Å². The van der Waals surface area contributed by atoms with E-state index in [1.807, 2.05) is 0 Å². The maximum atomic E-state index is 14.0. The van der Waals surface area contributed by atoms with E-state index in [0.717, 1.165) is 0 Å². The standard InChI is InChI=1S/C28H26ClNO8/c1-33-20-13-18-19(14-21(20)34-2)27(31)30(17-9-7-16(29)8-10-17)25(28(32)38-6)24(18)15-11-22(35-3)26(37-5)23(12-15)36-4/h7-14H,1-6H3. The third-order valence-corrected chi connectivity index (χ3v) is 6.36. The number of esters is 1. The number of ether oxygens (including phenoxy) is 6. The summed E-state index contributed by atoms with van der Waals surface area (Å²) in [5.41, 5.74) is 0.792. The Morgan fingerprint density at radius 1 is 0.711 bits per heavy atom. The lowest BCUT2D eigenvalue weighted by Gasteiger charge is -2.21. The highest BCUT2D eigenvalue weighted by atomic mass is 35.5. The van der Waals surface area contributed by atoms with E-state index in [9.17, 15) is 9.59 Å². The minimum atomic E-state index is -0.738. The summed E-state index contributed by atoms with van der Waals surface area (Å²) in [6.07, 6.45) is 0. The van der Waals surface area contributed by atoms with E-state index in [4.69, 9.17) is 40.0 Å². The predicted octanol–water partition coefficient (Wildman–Crippen LogP) is 5.14. The summed E-state index contributed by atoms with van der Waals surface area (Å²) in [7, 11) is 8.68. The zero-order valence-corrected chi connectivity index (χ0v) is 22.5. The number of pyridine rings is 1. The van der Waals surface area contributed by atoms with Gasteiger partial charge in [0.25, 0.3) is 5.56 Å². The normalized spacial score (nSPS) is 10.7. The molecule has 0 bridgehead atoms. The van der Waals surface area contributed by atoms with Gasteiger partial charge in [0.15, 0.2) is 23.0 Å². The second-order valence-electron chi connectivity index (χ2n) is 8.00. The Balaban J connectivity index is 2.30. The second kappa shape index (κ2) is 10.9. The SMILES string of the molecule is COC(=O)c1c(-c2cc(OC)c(OC)c(OC)c2)c2cc(OC)c(OC)cc2c(=O)n1-c1ccc(Cl)cc1. The summed E-state index contributed by atoms with van der Waals surface area (Å²) in [6, 6.07) is 13.1. The second-order valence-corrected chi connectivity index (χ2v) is 8.44. The highest BCUT2D eigenvalue weighted by Crippen LogP contribution is 2.45. The molecule has 0 amide bonds.